The summed E-state index contributed by atoms with van der Waals surface area (Å²) in [6, 6.07) is 17.3. The summed E-state index contributed by atoms with van der Waals surface area (Å²) in [6.45, 7) is 3.52. The number of hydrogen-bond acceptors (Lipinski definition) is 5. The van der Waals surface area contributed by atoms with Gasteiger partial charge in [-0.25, -0.2) is 4.79 Å². The number of anilines is 2. The number of fused-ring (bicyclic) bond motifs is 1. The lowest BCUT2D eigenvalue weighted by Crippen LogP contribution is -2.43. The lowest BCUT2D eigenvalue weighted by atomic mass is 10.1. The molecule has 0 fully saturated rings. The van der Waals surface area contributed by atoms with Crippen molar-refractivity contribution in [2.24, 2.45) is 0 Å². The molecular weight excluding hydrogens is 396 g/mol. The number of rotatable bonds is 5. The molecule has 7 nitrogen and oxygen atoms in total. The second kappa shape index (κ2) is 8.47. The molecule has 1 aromatic heterocycles. The van der Waals surface area contributed by atoms with Crippen molar-refractivity contribution in [1.82, 2.24) is 0 Å². The molecule has 3 aromatic rings. The summed E-state index contributed by atoms with van der Waals surface area (Å²) in [5, 5.41) is 2.64. The number of ether oxygens (including phenoxy) is 1. The zero-order valence-corrected chi connectivity index (χ0v) is 17.2. The Morgan fingerprint density at radius 1 is 1.06 bits per heavy atom. The Morgan fingerprint density at radius 2 is 1.81 bits per heavy atom. The Bertz CT molecular complexity index is 1120. The van der Waals surface area contributed by atoms with E-state index in [1.165, 1.54) is 18.4 Å². The maximum Gasteiger partial charge on any atom is 0.341 e. The van der Waals surface area contributed by atoms with E-state index < -0.39 is 18.0 Å². The second-order valence-electron chi connectivity index (χ2n) is 7.41. The van der Waals surface area contributed by atoms with Crippen LogP contribution in [0.3, 0.4) is 0 Å². The SMILES string of the molecule is C[C@H](OC(=O)c1ccccc1NC(=O)c1ccco1)C(=O)N1c2ccccc2C[C@@H]1C. The highest BCUT2D eigenvalue weighted by Gasteiger charge is 2.34. The van der Waals surface area contributed by atoms with Crippen molar-refractivity contribution >= 4 is 29.2 Å². The summed E-state index contributed by atoms with van der Waals surface area (Å²) in [7, 11) is 0. The molecule has 1 N–H and O–H groups in total. The van der Waals surface area contributed by atoms with Gasteiger partial charge in [0.05, 0.1) is 17.5 Å². The number of amides is 2. The smallest absolute Gasteiger partial charge is 0.341 e. The first kappa shape index (κ1) is 20.4. The maximum absolute atomic E-state index is 13.1. The first-order valence-corrected chi connectivity index (χ1v) is 10.0. The van der Waals surface area contributed by atoms with Gasteiger partial charge in [0.1, 0.15) is 0 Å². The number of hydrogen-bond donors (Lipinski definition) is 1. The third kappa shape index (κ3) is 4.07. The van der Waals surface area contributed by atoms with E-state index in [0.717, 1.165) is 17.7 Å². The maximum atomic E-state index is 13.1. The van der Waals surface area contributed by atoms with Gasteiger partial charge in [0.25, 0.3) is 11.8 Å². The fraction of sp³-hybridized carbons (Fsp3) is 0.208. The van der Waals surface area contributed by atoms with Crippen LogP contribution in [-0.4, -0.2) is 29.9 Å². The monoisotopic (exact) mass is 418 g/mol. The molecule has 31 heavy (non-hydrogen) atoms. The van der Waals surface area contributed by atoms with Gasteiger partial charge in [-0.1, -0.05) is 30.3 Å². The summed E-state index contributed by atoms with van der Waals surface area (Å²) in [6.07, 6.45) is 1.15. The van der Waals surface area contributed by atoms with Crippen LogP contribution in [0.1, 0.15) is 40.3 Å². The predicted octanol–water partition coefficient (Wildman–Crippen LogP) is 4.06. The molecule has 2 aromatic carbocycles. The van der Waals surface area contributed by atoms with Gasteiger partial charge in [-0.05, 0) is 56.2 Å². The quantitative estimate of drug-likeness (QED) is 0.632. The molecule has 4 rings (SSSR count). The number of nitrogens with zero attached hydrogens (tertiary/aromatic N) is 1. The number of benzene rings is 2. The molecule has 2 atom stereocenters. The van der Waals surface area contributed by atoms with Gasteiger partial charge in [0.15, 0.2) is 11.9 Å². The van der Waals surface area contributed by atoms with E-state index in [-0.39, 0.29) is 29.0 Å². The summed E-state index contributed by atoms with van der Waals surface area (Å²) in [5.41, 5.74) is 2.35. The molecule has 7 heteroatoms. The molecule has 2 heterocycles. The van der Waals surface area contributed by atoms with Crippen LogP contribution in [0.5, 0.6) is 0 Å². The third-order valence-corrected chi connectivity index (χ3v) is 5.22. The normalized spacial score (nSPS) is 15.8. The Hall–Kier alpha value is -3.87. The molecule has 2 amide bonds. The van der Waals surface area contributed by atoms with Gasteiger partial charge in [-0.3, -0.25) is 9.59 Å². The number of carbonyl (C=O) groups is 3. The largest absolute Gasteiger partial charge is 0.459 e. The summed E-state index contributed by atoms with van der Waals surface area (Å²) >= 11 is 0. The Morgan fingerprint density at radius 3 is 2.58 bits per heavy atom. The standard InChI is InChI=1S/C24H22N2O5/c1-15-14-17-8-3-6-11-20(17)26(15)23(28)16(2)31-24(29)18-9-4-5-10-19(18)25-22(27)21-12-7-13-30-21/h3-13,15-16H,14H2,1-2H3,(H,25,27)/t15-,16-/m0/s1. The molecule has 0 saturated carbocycles. The van der Waals surface area contributed by atoms with Gasteiger partial charge >= 0.3 is 5.97 Å². The van der Waals surface area contributed by atoms with Crippen molar-refractivity contribution in [3.63, 3.8) is 0 Å². The molecule has 1 aliphatic rings. The van der Waals surface area contributed by atoms with Crippen molar-refractivity contribution in [3.8, 4) is 0 Å². The molecule has 0 unspecified atom stereocenters. The van der Waals surface area contributed by atoms with Crippen molar-refractivity contribution < 1.29 is 23.5 Å². The molecule has 0 spiro atoms. The third-order valence-electron chi connectivity index (χ3n) is 5.22. The summed E-state index contributed by atoms with van der Waals surface area (Å²) in [4.78, 5) is 39.9. The fourth-order valence-electron chi connectivity index (χ4n) is 3.73. The highest BCUT2D eigenvalue weighted by molar-refractivity contribution is 6.07. The van der Waals surface area contributed by atoms with E-state index in [1.807, 2.05) is 31.2 Å². The molecular formula is C24H22N2O5. The van der Waals surface area contributed by atoms with Crippen LogP contribution in [0.4, 0.5) is 11.4 Å². The molecule has 0 radical (unpaired) electrons. The second-order valence-corrected chi connectivity index (χ2v) is 7.41. The van der Waals surface area contributed by atoms with Gasteiger partial charge < -0.3 is 19.4 Å². The van der Waals surface area contributed by atoms with Crippen molar-refractivity contribution in [2.45, 2.75) is 32.4 Å². The molecule has 158 valence electrons. The van der Waals surface area contributed by atoms with Gasteiger partial charge in [-0.15, -0.1) is 0 Å². The van der Waals surface area contributed by atoms with Gasteiger partial charge in [0.2, 0.25) is 0 Å². The number of furan rings is 1. The topological polar surface area (TPSA) is 88.8 Å². The predicted molar refractivity (Wildman–Crippen MR) is 115 cm³/mol. The Kier molecular flexibility index (Phi) is 5.58. The molecule has 1 aliphatic heterocycles. The number of para-hydroxylation sites is 2. The number of esters is 1. The molecule has 0 bridgehead atoms. The Balaban J connectivity index is 1.48. The van der Waals surface area contributed by atoms with E-state index >= 15 is 0 Å². The lowest BCUT2D eigenvalue weighted by Gasteiger charge is -2.26. The van der Waals surface area contributed by atoms with E-state index in [4.69, 9.17) is 9.15 Å². The van der Waals surface area contributed by atoms with Crippen molar-refractivity contribution in [3.05, 3.63) is 83.8 Å². The highest BCUT2D eigenvalue weighted by Crippen LogP contribution is 2.32. The zero-order valence-electron chi connectivity index (χ0n) is 17.2. The number of nitrogens with one attached hydrogen (secondary N) is 1. The minimum absolute atomic E-state index is 0.0223. The average Bonchev–Trinajstić information content (AvgIpc) is 3.41. The molecule has 0 saturated heterocycles. The number of carbonyl (C=O) groups excluding carboxylic acids is 3. The highest BCUT2D eigenvalue weighted by atomic mass is 16.5. The first-order chi connectivity index (χ1) is 15.0. The van der Waals surface area contributed by atoms with Crippen LogP contribution >= 0.6 is 0 Å². The van der Waals surface area contributed by atoms with Crippen LogP contribution in [0.25, 0.3) is 0 Å². The van der Waals surface area contributed by atoms with Gasteiger partial charge in [0, 0.05) is 11.7 Å². The minimum Gasteiger partial charge on any atom is -0.459 e. The van der Waals surface area contributed by atoms with Gasteiger partial charge in [-0.2, -0.15) is 0 Å². The first-order valence-electron chi connectivity index (χ1n) is 10.0. The van der Waals surface area contributed by atoms with Crippen LogP contribution in [0.15, 0.2) is 71.3 Å². The Labute approximate surface area is 179 Å². The summed E-state index contributed by atoms with van der Waals surface area (Å²) in [5.74, 6) is -1.36. The van der Waals surface area contributed by atoms with E-state index in [9.17, 15) is 14.4 Å². The zero-order chi connectivity index (χ0) is 22.0. The minimum atomic E-state index is -0.991. The fourth-order valence-corrected chi connectivity index (χ4v) is 3.73. The van der Waals surface area contributed by atoms with E-state index in [2.05, 4.69) is 5.32 Å². The van der Waals surface area contributed by atoms with E-state index in [1.54, 1.807) is 36.1 Å². The lowest BCUT2D eigenvalue weighted by molar-refractivity contribution is -0.126. The average molecular weight is 418 g/mol. The van der Waals surface area contributed by atoms with Crippen LogP contribution in [0.2, 0.25) is 0 Å². The van der Waals surface area contributed by atoms with Crippen molar-refractivity contribution in [2.75, 3.05) is 10.2 Å². The van der Waals surface area contributed by atoms with Crippen LogP contribution < -0.4 is 10.2 Å². The molecule has 0 aliphatic carbocycles. The van der Waals surface area contributed by atoms with Crippen LogP contribution in [-0.2, 0) is 16.0 Å². The van der Waals surface area contributed by atoms with Crippen molar-refractivity contribution in [1.29, 1.82) is 0 Å². The summed E-state index contributed by atoms with van der Waals surface area (Å²) < 4.78 is 10.6. The van der Waals surface area contributed by atoms with E-state index in [0.29, 0.717) is 0 Å². The van der Waals surface area contributed by atoms with Crippen LogP contribution in [0, 0.1) is 0 Å².